The van der Waals surface area contributed by atoms with Gasteiger partial charge in [0.15, 0.2) is 0 Å². The van der Waals surface area contributed by atoms with Gasteiger partial charge in [-0.1, -0.05) is 65.1 Å². The van der Waals surface area contributed by atoms with Gasteiger partial charge in [-0.2, -0.15) is 13.2 Å². The Labute approximate surface area is 206 Å². The lowest BCUT2D eigenvalue weighted by atomic mass is 9.90. The van der Waals surface area contributed by atoms with Crippen molar-refractivity contribution in [3.05, 3.63) is 86.4 Å². The van der Waals surface area contributed by atoms with E-state index >= 15 is 0 Å². The first-order chi connectivity index (χ1) is 16.1. The van der Waals surface area contributed by atoms with Crippen molar-refractivity contribution < 1.29 is 27.6 Å². The lowest BCUT2D eigenvalue weighted by Gasteiger charge is -2.29. The average Bonchev–Trinajstić information content (AvgIpc) is 3.26. The topological polar surface area (TPSA) is 67.4 Å². The molecule has 176 valence electrons. The molecule has 0 radical (unpaired) electrons. The van der Waals surface area contributed by atoms with E-state index in [0.717, 1.165) is 18.2 Å². The van der Waals surface area contributed by atoms with Crippen molar-refractivity contribution in [3.63, 3.8) is 0 Å². The minimum absolute atomic E-state index is 0.0237. The van der Waals surface area contributed by atoms with E-state index < -0.39 is 17.7 Å². The third-order valence-electron chi connectivity index (χ3n) is 5.31. The molecule has 0 aromatic heterocycles. The number of fused-ring (bicyclic) bond motifs is 1. The molecule has 4 rings (SSSR count). The number of carbonyl (C=O) groups excluding carboxylic acids is 2. The van der Waals surface area contributed by atoms with Crippen LogP contribution in [0.15, 0.2) is 54.6 Å². The molecule has 0 fully saturated rings. The third kappa shape index (κ3) is 4.11. The SMILES string of the molecule is O=CCNC(=O)c1ccc(C2=CC(c3cc(Cl)c(Cl)c(Cl)c3)(C(F)(F)F)ON2)c2ccccc12. The van der Waals surface area contributed by atoms with Crippen molar-refractivity contribution in [2.75, 3.05) is 6.54 Å². The monoisotopic (exact) mass is 528 g/mol. The van der Waals surface area contributed by atoms with Crippen LogP contribution in [-0.4, -0.2) is 24.9 Å². The Morgan fingerprint density at radius 2 is 1.71 bits per heavy atom. The van der Waals surface area contributed by atoms with Crippen LogP contribution in [0.2, 0.25) is 15.1 Å². The number of nitrogens with one attached hydrogen (secondary N) is 2. The van der Waals surface area contributed by atoms with Gasteiger partial charge in [0.1, 0.15) is 6.29 Å². The highest BCUT2D eigenvalue weighted by atomic mass is 35.5. The molecule has 2 N–H and O–H groups in total. The number of amides is 1. The Morgan fingerprint density at radius 3 is 2.32 bits per heavy atom. The Hall–Kier alpha value is -2.78. The predicted octanol–water partition coefficient (Wildman–Crippen LogP) is 6.06. The summed E-state index contributed by atoms with van der Waals surface area (Å²) < 4.78 is 43.0. The fourth-order valence-electron chi connectivity index (χ4n) is 3.71. The van der Waals surface area contributed by atoms with Gasteiger partial charge < -0.3 is 10.1 Å². The summed E-state index contributed by atoms with van der Waals surface area (Å²) in [7, 11) is 0. The first-order valence-electron chi connectivity index (χ1n) is 9.71. The van der Waals surface area contributed by atoms with Gasteiger partial charge in [0.05, 0.1) is 27.3 Å². The second kappa shape index (κ2) is 9.11. The van der Waals surface area contributed by atoms with E-state index in [-0.39, 0.29) is 38.4 Å². The van der Waals surface area contributed by atoms with Crippen molar-refractivity contribution in [1.29, 1.82) is 0 Å². The van der Waals surface area contributed by atoms with Crippen molar-refractivity contribution in [2.24, 2.45) is 0 Å². The summed E-state index contributed by atoms with van der Waals surface area (Å²) in [6, 6.07) is 11.7. The van der Waals surface area contributed by atoms with Crippen molar-refractivity contribution >= 4 is 63.5 Å². The zero-order valence-electron chi connectivity index (χ0n) is 17.0. The fourth-order valence-corrected chi connectivity index (χ4v) is 4.30. The van der Waals surface area contributed by atoms with E-state index in [2.05, 4.69) is 10.8 Å². The molecule has 1 atom stereocenters. The number of benzene rings is 3. The number of alkyl halides is 3. The molecule has 5 nitrogen and oxygen atoms in total. The molecule has 1 amide bonds. The van der Waals surface area contributed by atoms with Crippen LogP contribution in [0.4, 0.5) is 13.2 Å². The summed E-state index contributed by atoms with van der Waals surface area (Å²) in [6.07, 6.45) is -3.46. The molecule has 11 heteroatoms. The maximum absolute atomic E-state index is 14.3. The zero-order chi connectivity index (χ0) is 24.7. The largest absolute Gasteiger partial charge is 0.428 e. The molecule has 0 bridgehead atoms. The molecule has 34 heavy (non-hydrogen) atoms. The molecule has 0 aliphatic carbocycles. The van der Waals surface area contributed by atoms with Crippen molar-refractivity contribution in [3.8, 4) is 0 Å². The molecule has 1 aliphatic heterocycles. The summed E-state index contributed by atoms with van der Waals surface area (Å²) >= 11 is 17.9. The highest BCUT2D eigenvalue weighted by molar-refractivity contribution is 6.48. The summed E-state index contributed by atoms with van der Waals surface area (Å²) in [6.45, 7) is -0.171. The van der Waals surface area contributed by atoms with Crippen molar-refractivity contribution in [1.82, 2.24) is 10.8 Å². The van der Waals surface area contributed by atoms with Crippen LogP contribution in [0.5, 0.6) is 0 Å². The number of aldehydes is 1. The molecule has 1 heterocycles. The van der Waals surface area contributed by atoms with Crippen LogP contribution in [0.1, 0.15) is 21.5 Å². The van der Waals surface area contributed by atoms with Crippen LogP contribution in [0.25, 0.3) is 16.5 Å². The first kappa shape index (κ1) is 24.3. The second-order valence-electron chi connectivity index (χ2n) is 7.33. The van der Waals surface area contributed by atoms with Gasteiger partial charge in [-0.3, -0.25) is 15.1 Å². The lowest BCUT2D eigenvalue weighted by molar-refractivity contribution is -0.269. The van der Waals surface area contributed by atoms with E-state index in [1.807, 2.05) is 0 Å². The quantitative estimate of drug-likeness (QED) is 0.311. The predicted molar refractivity (Wildman–Crippen MR) is 124 cm³/mol. The van der Waals surface area contributed by atoms with Crippen molar-refractivity contribution in [2.45, 2.75) is 11.8 Å². The summed E-state index contributed by atoms with van der Waals surface area (Å²) in [4.78, 5) is 28.2. The van der Waals surface area contributed by atoms with E-state index in [1.165, 1.54) is 12.1 Å². The van der Waals surface area contributed by atoms with Crippen LogP contribution in [0.3, 0.4) is 0 Å². The molecular weight excluding hydrogens is 516 g/mol. The van der Waals surface area contributed by atoms with E-state index in [4.69, 9.17) is 39.6 Å². The fraction of sp³-hybridized carbons (Fsp3) is 0.130. The Balaban J connectivity index is 1.87. The number of hydrogen-bond acceptors (Lipinski definition) is 4. The molecule has 1 aliphatic rings. The number of halogens is 6. The van der Waals surface area contributed by atoms with Gasteiger partial charge >= 0.3 is 6.18 Å². The lowest BCUT2D eigenvalue weighted by Crippen LogP contribution is -2.42. The van der Waals surface area contributed by atoms with Crippen LogP contribution in [0, 0.1) is 0 Å². The normalized spacial score (nSPS) is 17.9. The average molecular weight is 530 g/mol. The molecule has 3 aromatic carbocycles. The van der Waals surface area contributed by atoms with Crippen LogP contribution >= 0.6 is 34.8 Å². The smallest absolute Gasteiger partial charge is 0.345 e. The van der Waals surface area contributed by atoms with E-state index in [1.54, 1.807) is 24.3 Å². The zero-order valence-corrected chi connectivity index (χ0v) is 19.2. The Kier molecular flexibility index (Phi) is 6.52. The molecule has 1 unspecified atom stereocenters. The highest BCUT2D eigenvalue weighted by Gasteiger charge is 2.60. The van der Waals surface area contributed by atoms with Gasteiger partial charge in [-0.15, -0.1) is 0 Å². The minimum atomic E-state index is -4.90. The molecule has 3 aromatic rings. The number of rotatable bonds is 5. The van der Waals surface area contributed by atoms with Gasteiger partial charge in [0.25, 0.3) is 5.91 Å². The molecule has 0 saturated heterocycles. The van der Waals surface area contributed by atoms with Gasteiger partial charge in [0, 0.05) is 16.7 Å². The maximum atomic E-state index is 14.3. The summed E-state index contributed by atoms with van der Waals surface area (Å²) in [5.74, 6) is -0.491. The second-order valence-corrected chi connectivity index (χ2v) is 8.52. The summed E-state index contributed by atoms with van der Waals surface area (Å²) in [5.41, 5.74) is -0.246. The number of hydroxylamine groups is 1. The molecule has 0 saturated carbocycles. The Morgan fingerprint density at radius 1 is 1.06 bits per heavy atom. The number of hydrogen-bond donors (Lipinski definition) is 2. The molecule has 0 spiro atoms. The van der Waals surface area contributed by atoms with Crippen LogP contribution < -0.4 is 10.8 Å². The summed E-state index contributed by atoms with van der Waals surface area (Å²) in [5, 5.41) is 3.04. The van der Waals surface area contributed by atoms with E-state index in [9.17, 15) is 22.8 Å². The Bertz CT molecular complexity index is 1320. The van der Waals surface area contributed by atoms with Gasteiger partial charge in [-0.05, 0) is 35.0 Å². The minimum Gasteiger partial charge on any atom is -0.345 e. The standard InChI is InChI=1S/C23H14Cl3F3N2O3/c24-17-9-12(10-18(25)20(17)26)22(23(27,28)29)11-19(31-34-22)15-5-6-16(21(33)30-7-8-32)14-4-2-1-3-13(14)15/h1-6,8-11,31H,7H2,(H,30,33). The number of carbonyl (C=O) groups is 2. The third-order valence-corrected chi connectivity index (χ3v) is 6.51. The maximum Gasteiger partial charge on any atom is 0.428 e. The first-order valence-corrected chi connectivity index (χ1v) is 10.8. The highest BCUT2D eigenvalue weighted by Crippen LogP contribution is 2.49. The molecular formula is C23H14Cl3F3N2O3. The van der Waals surface area contributed by atoms with Crippen LogP contribution in [-0.2, 0) is 15.2 Å². The van der Waals surface area contributed by atoms with Gasteiger partial charge in [-0.25, -0.2) is 0 Å². The van der Waals surface area contributed by atoms with Gasteiger partial charge in [0.2, 0.25) is 5.60 Å². The van der Waals surface area contributed by atoms with E-state index in [0.29, 0.717) is 22.6 Å².